The van der Waals surface area contributed by atoms with E-state index in [4.69, 9.17) is 21.1 Å². The zero-order valence-corrected chi connectivity index (χ0v) is 13.3. The number of rotatable bonds is 6. The van der Waals surface area contributed by atoms with E-state index in [2.05, 4.69) is 5.32 Å². The van der Waals surface area contributed by atoms with E-state index < -0.39 is 0 Å². The fraction of sp³-hybridized carbons (Fsp3) is 0.235. The van der Waals surface area contributed by atoms with Gasteiger partial charge in [0.2, 0.25) is 5.91 Å². The lowest BCUT2D eigenvalue weighted by molar-refractivity contribution is -0.120. The highest BCUT2D eigenvalue weighted by molar-refractivity contribution is 6.30. The highest BCUT2D eigenvalue weighted by Gasteiger charge is 2.08. The number of benzene rings is 2. The SMILES string of the molecule is COc1ccc(OC)c(CNC(=O)Cc2ccc(Cl)cc2)c1. The highest BCUT2D eigenvalue weighted by Crippen LogP contribution is 2.23. The summed E-state index contributed by atoms with van der Waals surface area (Å²) >= 11 is 5.83. The fourth-order valence-electron chi connectivity index (χ4n) is 2.06. The predicted octanol–water partition coefficient (Wildman–Crippen LogP) is 3.22. The molecule has 2 aromatic carbocycles. The maximum absolute atomic E-state index is 12.0. The lowest BCUT2D eigenvalue weighted by atomic mass is 10.1. The summed E-state index contributed by atoms with van der Waals surface area (Å²) in [7, 11) is 3.20. The number of halogens is 1. The Morgan fingerprint density at radius 2 is 1.82 bits per heavy atom. The summed E-state index contributed by atoms with van der Waals surface area (Å²) in [5, 5.41) is 3.54. The molecular weight excluding hydrogens is 302 g/mol. The minimum Gasteiger partial charge on any atom is -0.497 e. The summed E-state index contributed by atoms with van der Waals surface area (Å²) in [5.41, 5.74) is 1.78. The molecule has 0 spiro atoms. The van der Waals surface area contributed by atoms with Crippen LogP contribution in [0.5, 0.6) is 11.5 Å². The van der Waals surface area contributed by atoms with Crippen molar-refractivity contribution in [3.8, 4) is 11.5 Å². The van der Waals surface area contributed by atoms with Gasteiger partial charge in [0.05, 0.1) is 20.6 Å². The molecule has 0 aromatic heterocycles. The van der Waals surface area contributed by atoms with E-state index in [1.54, 1.807) is 26.4 Å². The average Bonchev–Trinajstić information content (AvgIpc) is 2.54. The van der Waals surface area contributed by atoms with Gasteiger partial charge < -0.3 is 14.8 Å². The van der Waals surface area contributed by atoms with Crippen LogP contribution in [0.15, 0.2) is 42.5 Å². The van der Waals surface area contributed by atoms with Crippen LogP contribution in [-0.2, 0) is 17.8 Å². The fourth-order valence-corrected chi connectivity index (χ4v) is 2.19. The number of carbonyl (C=O) groups is 1. The van der Waals surface area contributed by atoms with E-state index in [0.29, 0.717) is 23.7 Å². The Labute approximate surface area is 135 Å². The molecule has 0 fully saturated rings. The molecular formula is C17H18ClNO3. The van der Waals surface area contributed by atoms with E-state index >= 15 is 0 Å². The Hall–Kier alpha value is -2.20. The first-order chi connectivity index (χ1) is 10.6. The lowest BCUT2D eigenvalue weighted by Gasteiger charge is -2.11. The monoisotopic (exact) mass is 319 g/mol. The molecule has 0 atom stereocenters. The lowest BCUT2D eigenvalue weighted by Crippen LogP contribution is -2.24. The van der Waals surface area contributed by atoms with Gasteiger partial charge in [-0.2, -0.15) is 0 Å². The Morgan fingerprint density at radius 1 is 1.09 bits per heavy atom. The topological polar surface area (TPSA) is 47.6 Å². The van der Waals surface area contributed by atoms with Crippen molar-refractivity contribution in [1.29, 1.82) is 0 Å². The molecule has 0 heterocycles. The Kier molecular flexibility index (Phi) is 5.67. The van der Waals surface area contributed by atoms with Gasteiger partial charge >= 0.3 is 0 Å². The molecule has 0 radical (unpaired) electrons. The van der Waals surface area contributed by atoms with Gasteiger partial charge in [-0.1, -0.05) is 23.7 Å². The van der Waals surface area contributed by atoms with Gasteiger partial charge in [0.15, 0.2) is 0 Å². The molecule has 2 aromatic rings. The number of ether oxygens (including phenoxy) is 2. The van der Waals surface area contributed by atoms with Crippen LogP contribution < -0.4 is 14.8 Å². The molecule has 1 amide bonds. The van der Waals surface area contributed by atoms with E-state index in [-0.39, 0.29) is 5.91 Å². The number of hydrogen-bond acceptors (Lipinski definition) is 3. The van der Waals surface area contributed by atoms with Gasteiger partial charge in [-0.25, -0.2) is 0 Å². The summed E-state index contributed by atoms with van der Waals surface area (Å²) in [4.78, 5) is 12.0. The van der Waals surface area contributed by atoms with Crippen LogP contribution in [0.4, 0.5) is 0 Å². The number of hydrogen-bond donors (Lipinski definition) is 1. The molecule has 0 saturated heterocycles. The summed E-state index contributed by atoms with van der Waals surface area (Å²) < 4.78 is 10.5. The normalized spacial score (nSPS) is 10.1. The van der Waals surface area contributed by atoms with Gasteiger partial charge in [0, 0.05) is 17.1 Å². The quantitative estimate of drug-likeness (QED) is 0.889. The second kappa shape index (κ2) is 7.71. The molecule has 0 aliphatic heterocycles. The number of methoxy groups -OCH3 is 2. The molecule has 5 heteroatoms. The summed E-state index contributed by atoms with van der Waals surface area (Å²) in [6.07, 6.45) is 0.309. The average molecular weight is 320 g/mol. The van der Waals surface area contributed by atoms with Crippen LogP contribution in [-0.4, -0.2) is 20.1 Å². The second-order valence-electron chi connectivity index (χ2n) is 4.76. The molecule has 0 aliphatic carbocycles. The standard InChI is InChI=1S/C17H18ClNO3/c1-21-15-7-8-16(22-2)13(10-15)11-19-17(20)9-12-3-5-14(18)6-4-12/h3-8,10H,9,11H2,1-2H3,(H,19,20). The van der Waals surface area contributed by atoms with Gasteiger partial charge in [0.25, 0.3) is 0 Å². The van der Waals surface area contributed by atoms with Crippen LogP contribution in [0.1, 0.15) is 11.1 Å². The largest absolute Gasteiger partial charge is 0.497 e. The minimum absolute atomic E-state index is 0.0628. The zero-order valence-electron chi connectivity index (χ0n) is 12.6. The molecule has 0 saturated carbocycles. The molecule has 4 nitrogen and oxygen atoms in total. The first-order valence-corrected chi connectivity index (χ1v) is 7.22. The summed E-state index contributed by atoms with van der Waals surface area (Å²) in [6.45, 7) is 0.382. The zero-order chi connectivity index (χ0) is 15.9. The number of nitrogens with one attached hydrogen (secondary N) is 1. The molecule has 116 valence electrons. The molecule has 0 aliphatic rings. The van der Waals surface area contributed by atoms with E-state index in [1.807, 2.05) is 30.3 Å². The Bertz CT molecular complexity index is 641. The molecule has 22 heavy (non-hydrogen) atoms. The molecule has 0 unspecified atom stereocenters. The summed E-state index contributed by atoms with van der Waals surface area (Å²) in [6, 6.07) is 12.7. The Morgan fingerprint density at radius 3 is 2.45 bits per heavy atom. The molecule has 0 bridgehead atoms. The number of amides is 1. The van der Waals surface area contributed by atoms with Gasteiger partial charge in [-0.15, -0.1) is 0 Å². The van der Waals surface area contributed by atoms with Crippen LogP contribution in [0, 0.1) is 0 Å². The third-order valence-corrected chi connectivity index (χ3v) is 3.49. The van der Waals surface area contributed by atoms with E-state index in [1.165, 1.54) is 0 Å². The van der Waals surface area contributed by atoms with Crippen LogP contribution in [0.3, 0.4) is 0 Å². The van der Waals surface area contributed by atoms with Crippen LogP contribution >= 0.6 is 11.6 Å². The third-order valence-electron chi connectivity index (χ3n) is 3.24. The van der Waals surface area contributed by atoms with Crippen molar-refractivity contribution in [3.05, 3.63) is 58.6 Å². The van der Waals surface area contributed by atoms with Crippen LogP contribution in [0.25, 0.3) is 0 Å². The van der Waals surface area contributed by atoms with Gasteiger partial charge in [-0.3, -0.25) is 4.79 Å². The molecule has 1 N–H and O–H groups in total. The van der Waals surface area contributed by atoms with Crippen molar-refractivity contribution >= 4 is 17.5 Å². The second-order valence-corrected chi connectivity index (χ2v) is 5.19. The van der Waals surface area contributed by atoms with E-state index in [0.717, 1.165) is 16.9 Å². The Balaban J connectivity index is 1.97. The maximum Gasteiger partial charge on any atom is 0.224 e. The van der Waals surface area contributed by atoms with E-state index in [9.17, 15) is 4.79 Å². The van der Waals surface area contributed by atoms with Crippen molar-refractivity contribution in [3.63, 3.8) is 0 Å². The first-order valence-electron chi connectivity index (χ1n) is 6.84. The smallest absolute Gasteiger partial charge is 0.224 e. The third kappa shape index (κ3) is 4.40. The van der Waals surface area contributed by atoms with Crippen molar-refractivity contribution in [2.45, 2.75) is 13.0 Å². The summed E-state index contributed by atoms with van der Waals surface area (Å²) in [5.74, 6) is 1.38. The maximum atomic E-state index is 12.0. The first kappa shape index (κ1) is 16.2. The highest BCUT2D eigenvalue weighted by atomic mass is 35.5. The van der Waals surface area contributed by atoms with Crippen molar-refractivity contribution < 1.29 is 14.3 Å². The van der Waals surface area contributed by atoms with Crippen molar-refractivity contribution in [2.75, 3.05) is 14.2 Å². The van der Waals surface area contributed by atoms with Crippen molar-refractivity contribution in [1.82, 2.24) is 5.32 Å². The minimum atomic E-state index is -0.0628. The van der Waals surface area contributed by atoms with Gasteiger partial charge in [-0.05, 0) is 35.9 Å². The van der Waals surface area contributed by atoms with Gasteiger partial charge in [0.1, 0.15) is 11.5 Å². The number of carbonyl (C=O) groups excluding carboxylic acids is 1. The van der Waals surface area contributed by atoms with Crippen molar-refractivity contribution in [2.24, 2.45) is 0 Å². The molecule has 2 rings (SSSR count). The van der Waals surface area contributed by atoms with Crippen LogP contribution in [0.2, 0.25) is 5.02 Å². The predicted molar refractivity (Wildman–Crippen MR) is 86.5 cm³/mol.